The third kappa shape index (κ3) is 2.04. The Morgan fingerprint density at radius 2 is 1.56 bits per heavy atom. The van der Waals surface area contributed by atoms with Crippen LogP contribution < -0.4 is 5.32 Å². The molecule has 1 aliphatic heterocycles. The lowest BCUT2D eigenvalue weighted by molar-refractivity contribution is -0.358. The Balaban J connectivity index is 3.18. The zero-order chi connectivity index (χ0) is 14.4. The maximum absolute atomic E-state index is 13.0. The quantitative estimate of drug-likeness (QED) is 0.783. The van der Waals surface area contributed by atoms with Gasteiger partial charge in [-0.2, -0.15) is 30.7 Å². The summed E-state index contributed by atoms with van der Waals surface area (Å²) in [7, 11) is 0. The van der Waals surface area contributed by atoms with Gasteiger partial charge in [0.1, 0.15) is 5.92 Å². The Labute approximate surface area is 93.9 Å². The summed E-state index contributed by atoms with van der Waals surface area (Å²) in [6, 6.07) is -1.43. The van der Waals surface area contributed by atoms with Crippen LogP contribution in [-0.4, -0.2) is 36.2 Å². The van der Waals surface area contributed by atoms with E-state index in [2.05, 4.69) is 4.99 Å². The summed E-state index contributed by atoms with van der Waals surface area (Å²) in [5.41, 5.74) is 0. The summed E-state index contributed by atoms with van der Waals surface area (Å²) in [6.45, 7) is 0. The van der Waals surface area contributed by atoms with E-state index in [-0.39, 0.29) is 6.21 Å². The normalized spacial score (nSPS) is 22.1. The van der Waals surface area contributed by atoms with E-state index in [1.54, 1.807) is 0 Å². The number of rotatable bonds is 2. The second-order valence-electron chi connectivity index (χ2n) is 3.25. The van der Waals surface area contributed by atoms with Gasteiger partial charge in [0.15, 0.2) is 0 Å². The molecule has 3 amide bonds. The Kier molecular flexibility index (Phi) is 3.13. The molecule has 1 atom stereocenters. The lowest BCUT2D eigenvalue weighted by Gasteiger charge is -2.32. The summed E-state index contributed by atoms with van der Waals surface area (Å²) >= 11 is 0. The lowest BCUT2D eigenvalue weighted by Crippen LogP contribution is -2.60. The van der Waals surface area contributed by atoms with Gasteiger partial charge >= 0.3 is 24.1 Å². The van der Waals surface area contributed by atoms with Crippen molar-refractivity contribution in [2.75, 3.05) is 0 Å². The van der Waals surface area contributed by atoms with Crippen molar-refractivity contribution in [2.24, 2.45) is 10.9 Å². The minimum atomic E-state index is -6.55. The van der Waals surface area contributed by atoms with Crippen LogP contribution in [0.5, 0.6) is 0 Å². The van der Waals surface area contributed by atoms with Crippen LogP contribution in [0.4, 0.5) is 35.5 Å². The van der Waals surface area contributed by atoms with Crippen LogP contribution in [0.2, 0.25) is 0 Å². The molecule has 1 aliphatic rings. The van der Waals surface area contributed by atoms with Gasteiger partial charge in [0.05, 0.1) is 0 Å². The fraction of sp³-hybridized carbons (Fsp3) is 0.571. The SMILES string of the molecule is O=C1N=CC(C(F)(F)C(F)(F)C(F)(F)F)C(=O)N1. The Morgan fingerprint density at radius 1 is 1.06 bits per heavy atom. The van der Waals surface area contributed by atoms with Crippen LogP contribution in [0.1, 0.15) is 0 Å². The summed E-state index contributed by atoms with van der Waals surface area (Å²) in [5, 5.41) is 1.10. The number of nitrogens with zero attached hydrogens (tertiary/aromatic N) is 1. The van der Waals surface area contributed by atoms with E-state index < -0.39 is 35.9 Å². The molecule has 0 aliphatic carbocycles. The van der Waals surface area contributed by atoms with E-state index in [0.717, 1.165) is 5.32 Å². The van der Waals surface area contributed by atoms with Crippen molar-refractivity contribution >= 4 is 18.2 Å². The van der Waals surface area contributed by atoms with E-state index in [4.69, 9.17) is 0 Å². The number of carbonyl (C=O) groups is 2. The van der Waals surface area contributed by atoms with Crippen molar-refractivity contribution in [3.05, 3.63) is 0 Å². The van der Waals surface area contributed by atoms with Gasteiger partial charge in [-0.3, -0.25) is 10.1 Å². The van der Waals surface area contributed by atoms with Crippen LogP contribution in [0, 0.1) is 5.92 Å². The minimum absolute atomic E-state index is 0.235. The number of imide groups is 1. The fourth-order valence-corrected chi connectivity index (χ4v) is 1.07. The Morgan fingerprint density at radius 3 is 1.94 bits per heavy atom. The van der Waals surface area contributed by atoms with Crippen LogP contribution >= 0.6 is 0 Å². The number of carbonyl (C=O) groups excluding carboxylic acids is 2. The van der Waals surface area contributed by atoms with Gasteiger partial charge in [-0.25, -0.2) is 9.79 Å². The highest BCUT2D eigenvalue weighted by Crippen LogP contribution is 2.49. The first-order chi connectivity index (χ1) is 7.91. The molecule has 18 heavy (non-hydrogen) atoms. The van der Waals surface area contributed by atoms with E-state index >= 15 is 0 Å². The summed E-state index contributed by atoms with van der Waals surface area (Å²) < 4.78 is 86.6. The van der Waals surface area contributed by atoms with E-state index in [9.17, 15) is 40.3 Å². The predicted molar refractivity (Wildman–Crippen MR) is 41.5 cm³/mol. The Hall–Kier alpha value is -1.68. The van der Waals surface area contributed by atoms with E-state index in [0.29, 0.717) is 0 Å². The van der Waals surface area contributed by atoms with Crippen molar-refractivity contribution in [3.8, 4) is 0 Å². The zero-order valence-electron chi connectivity index (χ0n) is 8.06. The first-order valence-corrected chi connectivity index (χ1v) is 4.12. The highest BCUT2D eigenvalue weighted by atomic mass is 19.4. The molecule has 1 heterocycles. The lowest BCUT2D eigenvalue weighted by atomic mass is 9.94. The van der Waals surface area contributed by atoms with Crippen molar-refractivity contribution < 1.29 is 40.3 Å². The summed E-state index contributed by atoms with van der Waals surface area (Å²) in [4.78, 5) is 23.8. The molecule has 0 saturated carbocycles. The van der Waals surface area contributed by atoms with Gasteiger partial charge in [-0.05, 0) is 0 Å². The van der Waals surface area contributed by atoms with Crippen molar-refractivity contribution in [3.63, 3.8) is 0 Å². The number of hydrogen-bond acceptors (Lipinski definition) is 2. The molecular formula is C7H3F7N2O2. The van der Waals surface area contributed by atoms with Crippen molar-refractivity contribution in [1.29, 1.82) is 0 Å². The molecule has 1 unspecified atom stereocenters. The standard InChI is InChI=1S/C7H3F7N2O2/c8-5(9,6(10,11)7(12,13)14)2-1-15-4(18)16-3(2)17/h1-2H,(H,16,17,18). The van der Waals surface area contributed by atoms with Gasteiger partial charge < -0.3 is 0 Å². The maximum Gasteiger partial charge on any atom is 0.459 e. The third-order valence-electron chi connectivity index (χ3n) is 2.02. The number of nitrogens with one attached hydrogen (secondary N) is 1. The van der Waals surface area contributed by atoms with Crippen molar-refractivity contribution in [1.82, 2.24) is 5.32 Å². The number of amides is 3. The molecule has 0 fully saturated rings. The average molecular weight is 280 g/mol. The molecule has 0 saturated heterocycles. The molecule has 0 aromatic rings. The van der Waals surface area contributed by atoms with Crippen LogP contribution in [-0.2, 0) is 4.79 Å². The van der Waals surface area contributed by atoms with Gasteiger partial charge in [-0.15, -0.1) is 0 Å². The first-order valence-electron chi connectivity index (χ1n) is 4.12. The molecule has 4 nitrogen and oxygen atoms in total. The molecule has 11 heteroatoms. The number of urea groups is 1. The second-order valence-corrected chi connectivity index (χ2v) is 3.25. The first kappa shape index (κ1) is 14.4. The van der Waals surface area contributed by atoms with Gasteiger partial charge in [0.2, 0.25) is 5.91 Å². The average Bonchev–Trinajstić information content (AvgIpc) is 2.14. The zero-order valence-corrected chi connectivity index (χ0v) is 8.06. The van der Waals surface area contributed by atoms with Gasteiger partial charge in [-0.1, -0.05) is 0 Å². The molecule has 0 bridgehead atoms. The van der Waals surface area contributed by atoms with E-state index in [1.165, 1.54) is 0 Å². The number of hydrogen-bond donors (Lipinski definition) is 1. The van der Waals surface area contributed by atoms with Gasteiger partial charge in [0, 0.05) is 6.21 Å². The van der Waals surface area contributed by atoms with Crippen LogP contribution in [0.15, 0.2) is 4.99 Å². The second kappa shape index (κ2) is 3.92. The Bertz CT molecular complexity index is 415. The molecular weight excluding hydrogens is 277 g/mol. The predicted octanol–water partition coefficient (Wildman–Crippen LogP) is 1.76. The molecule has 1 rings (SSSR count). The number of aliphatic imine (C=N–C) groups is 1. The molecule has 1 N–H and O–H groups in total. The maximum atomic E-state index is 13.0. The van der Waals surface area contributed by atoms with Gasteiger partial charge in [0.25, 0.3) is 0 Å². The highest BCUT2D eigenvalue weighted by Gasteiger charge is 2.76. The van der Waals surface area contributed by atoms with Crippen LogP contribution in [0.3, 0.4) is 0 Å². The monoisotopic (exact) mass is 280 g/mol. The molecule has 0 aromatic carbocycles. The van der Waals surface area contributed by atoms with E-state index in [1.807, 2.05) is 0 Å². The summed E-state index contributed by atoms with van der Waals surface area (Å²) in [6.07, 6.45) is -6.78. The molecule has 102 valence electrons. The molecule has 0 spiro atoms. The van der Waals surface area contributed by atoms with Crippen LogP contribution in [0.25, 0.3) is 0 Å². The summed E-state index contributed by atoms with van der Waals surface area (Å²) in [5.74, 6) is -17.4. The smallest absolute Gasteiger partial charge is 0.275 e. The molecule has 0 aromatic heterocycles. The molecule has 0 radical (unpaired) electrons. The topological polar surface area (TPSA) is 58.5 Å². The van der Waals surface area contributed by atoms with Crippen molar-refractivity contribution in [2.45, 2.75) is 18.0 Å². The number of alkyl halides is 7. The third-order valence-corrected chi connectivity index (χ3v) is 2.02. The fourth-order valence-electron chi connectivity index (χ4n) is 1.07. The highest BCUT2D eigenvalue weighted by molar-refractivity contribution is 6.10. The minimum Gasteiger partial charge on any atom is -0.275 e. The number of halogens is 7. The largest absolute Gasteiger partial charge is 0.459 e.